The van der Waals surface area contributed by atoms with Gasteiger partial charge in [-0.1, -0.05) is 30.3 Å². The summed E-state index contributed by atoms with van der Waals surface area (Å²) in [6.45, 7) is 1.14. The number of methoxy groups -OCH3 is 2. The Morgan fingerprint density at radius 1 is 0.968 bits per heavy atom. The Labute approximate surface area is 182 Å². The second-order valence-corrected chi connectivity index (χ2v) is 8.00. The third-order valence-corrected chi connectivity index (χ3v) is 5.80. The molecule has 0 aromatic heterocycles. The fraction of sp³-hybridized carbons (Fsp3) is 0.417. The number of rotatable bonds is 8. The number of aliphatic carboxylic acids is 1. The van der Waals surface area contributed by atoms with Crippen LogP contribution in [0.15, 0.2) is 48.5 Å². The SMILES string of the molecule is COc1cc(CC2(CC(=O)O)CCN(C(=O)OCc3ccccc3)CC2)cc(OC)c1. The zero-order valence-electron chi connectivity index (χ0n) is 18.0. The van der Waals surface area contributed by atoms with E-state index in [9.17, 15) is 14.7 Å². The van der Waals surface area contributed by atoms with E-state index >= 15 is 0 Å². The Bertz CT molecular complexity index is 868. The van der Waals surface area contributed by atoms with E-state index in [0.717, 1.165) is 11.1 Å². The zero-order chi connectivity index (χ0) is 22.3. The molecule has 166 valence electrons. The number of carbonyl (C=O) groups excluding carboxylic acids is 1. The molecular weight excluding hydrogens is 398 g/mol. The molecule has 0 atom stereocenters. The zero-order valence-corrected chi connectivity index (χ0v) is 18.0. The van der Waals surface area contributed by atoms with Gasteiger partial charge in [0.2, 0.25) is 0 Å². The van der Waals surface area contributed by atoms with Crippen molar-refractivity contribution < 1.29 is 28.9 Å². The van der Waals surface area contributed by atoms with E-state index < -0.39 is 11.4 Å². The molecular formula is C24H29NO6. The van der Waals surface area contributed by atoms with Crippen molar-refractivity contribution in [3.05, 3.63) is 59.7 Å². The average Bonchev–Trinajstić information content (AvgIpc) is 2.77. The highest BCUT2D eigenvalue weighted by molar-refractivity contribution is 5.69. The van der Waals surface area contributed by atoms with Gasteiger partial charge in [-0.25, -0.2) is 4.79 Å². The standard InChI is InChI=1S/C24H29NO6/c1-29-20-12-19(13-21(14-20)30-2)15-24(16-22(26)27)8-10-25(11-9-24)23(28)31-17-18-6-4-3-5-7-18/h3-7,12-14H,8-11,15-17H2,1-2H3,(H,26,27). The number of likely N-dealkylation sites (tertiary alicyclic amines) is 1. The van der Waals surface area contributed by atoms with Gasteiger partial charge in [0.25, 0.3) is 0 Å². The number of nitrogens with zero attached hydrogens (tertiary/aromatic N) is 1. The van der Waals surface area contributed by atoms with Crippen molar-refractivity contribution in [3.8, 4) is 11.5 Å². The first-order chi connectivity index (χ1) is 14.9. The average molecular weight is 427 g/mol. The van der Waals surface area contributed by atoms with E-state index in [1.807, 2.05) is 42.5 Å². The molecule has 0 aliphatic carbocycles. The predicted octanol–water partition coefficient (Wildman–Crippen LogP) is 4.14. The summed E-state index contributed by atoms with van der Waals surface area (Å²) in [4.78, 5) is 25.8. The molecule has 1 N–H and O–H groups in total. The van der Waals surface area contributed by atoms with Crippen molar-refractivity contribution in [1.29, 1.82) is 0 Å². The van der Waals surface area contributed by atoms with E-state index in [0.29, 0.717) is 43.9 Å². The number of carbonyl (C=O) groups is 2. The van der Waals surface area contributed by atoms with Gasteiger partial charge in [-0.3, -0.25) is 4.79 Å². The minimum atomic E-state index is -0.838. The van der Waals surface area contributed by atoms with Crippen molar-refractivity contribution in [2.45, 2.75) is 32.3 Å². The monoisotopic (exact) mass is 427 g/mol. The van der Waals surface area contributed by atoms with Crippen LogP contribution in [0.4, 0.5) is 4.79 Å². The number of carboxylic acid groups (broad SMARTS) is 1. The summed E-state index contributed by atoms with van der Waals surface area (Å²) < 4.78 is 16.1. The highest BCUT2D eigenvalue weighted by Crippen LogP contribution is 2.40. The predicted molar refractivity (Wildman–Crippen MR) is 115 cm³/mol. The fourth-order valence-corrected chi connectivity index (χ4v) is 4.11. The van der Waals surface area contributed by atoms with Gasteiger partial charge in [0.15, 0.2) is 0 Å². The van der Waals surface area contributed by atoms with Crippen LogP contribution in [0.2, 0.25) is 0 Å². The lowest BCUT2D eigenvalue weighted by Gasteiger charge is -2.41. The van der Waals surface area contributed by atoms with Crippen LogP contribution in [0, 0.1) is 5.41 Å². The minimum Gasteiger partial charge on any atom is -0.497 e. The van der Waals surface area contributed by atoms with Crippen molar-refractivity contribution in [3.63, 3.8) is 0 Å². The topological polar surface area (TPSA) is 85.3 Å². The lowest BCUT2D eigenvalue weighted by atomic mass is 9.71. The molecule has 0 bridgehead atoms. The summed E-state index contributed by atoms with van der Waals surface area (Å²) in [5.74, 6) is 0.499. The quantitative estimate of drug-likeness (QED) is 0.682. The first-order valence-electron chi connectivity index (χ1n) is 10.3. The Kier molecular flexibility index (Phi) is 7.39. The van der Waals surface area contributed by atoms with Gasteiger partial charge in [0, 0.05) is 19.2 Å². The van der Waals surface area contributed by atoms with Crippen LogP contribution in [-0.2, 0) is 22.6 Å². The van der Waals surface area contributed by atoms with Gasteiger partial charge < -0.3 is 24.2 Å². The summed E-state index contributed by atoms with van der Waals surface area (Å²) >= 11 is 0. The maximum atomic E-state index is 12.5. The third-order valence-electron chi connectivity index (χ3n) is 5.80. The van der Waals surface area contributed by atoms with E-state index in [1.54, 1.807) is 25.2 Å². The largest absolute Gasteiger partial charge is 0.497 e. The number of carboxylic acids is 1. The molecule has 1 amide bonds. The number of hydrogen-bond acceptors (Lipinski definition) is 5. The molecule has 0 spiro atoms. The van der Waals surface area contributed by atoms with E-state index in [4.69, 9.17) is 14.2 Å². The summed E-state index contributed by atoms with van der Waals surface area (Å²) in [5, 5.41) is 9.54. The highest BCUT2D eigenvalue weighted by Gasteiger charge is 2.38. The summed E-state index contributed by atoms with van der Waals surface area (Å²) in [6.07, 6.45) is 1.41. The van der Waals surface area contributed by atoms with Crippen molar-refractivity contribution in [2.75, 3.05) is 27.3 Å². The maximum absolute atomic E-state index is 12.5. The van der Waals surface area contributed by atoms with Gasteiger partial charge in [0.1, 0.15) is 18.1 Å². The molecule has 7 nitrogen and oxygen atoms in total. The molecule has 1 heterocycles. The van der Waals surface area contributed by atoms with E-state index in [2.05, 4.69) is 0 Å². The van der Waals surface area contributed by atoms with Crippen LogP contribution in [0.3, 0.4) is 0 Å². The molecule has 1 saturated heterocycles. The summed E-state index contributed by atoms with van der Waals surface area (Å²) in [7, 11) is 3.18. The first kappa shape index (κ1) is 22.5. The van der Waals surface area contributed by atoms with Crippen molar-refractivity contribution in [1.82, 2.24) is 4.90 Å². The molecule has 2 aromatic rings. The van der Waals surface area contributed by atoms with Gasteiger partial charge in [0.05, 0.1) is 20.6 Å². The smallest absolute Gasteiger partial charge is 0.410 e. The number of amides is 1. The number of hydrogen-bond donors (Lipinski definition) is 1. The van der Waals surface area contributed by atoms with Gasteiger partial charge in [-0.2, -0.15) is 0 Å². The lowest BCUT2D eigenvalue weighted by Crippen LogP contribution is -2.45. The second kappa shape index (κ2) is 10.2. The lowest BCUT2D eigenvalue weighted by molar-refractivity contribution is -0.140. The normalized spacial score (nSPS) is 15.2. The van der Waals surface area contributed by atoms with E-state index in [-0.39, 0.29) is 19.1 Å². The maximum Gasteiger partial charge on any atom is 0.410 e. The number of piperidine rings is 1. The highest BCUT2D eigenvalue weighted by atomic mass is 16.6. The van der Waals surface area contributed by atoms with Crippen LogP contribution in [0.25, 0.3) is 0 Å². The number of ether oxygens (including phenoxy) is 3. The molecule has 1 fully saturated rings. The van der Waals surface area contributed by atoms with E-state index in [1.165, 1.54) is 0 Å². The third kappa shape index (κ3) is 6.13. The van der Waals surface area contributed by atoms with Gasteiger partial charge >= 0.3 is 12.1 Å². The molecule has 1 aliphatic rings. The van der Waals surface area contributed by atoms with Crippen LogP contribution >= 0.6 is 0 Å². The summed E-state index contributed by atoms with van der Waals surface area (Å²) in [6, 6.07) is 15.1. The minimum absolute atomic E-state index is 0.0411. The fourth-order valence-electron chi connectivity index (χ4n) is 4.11. The number of benzene rings is 2. The Morgan fingerprint density at radius 2 is 1.58 bits per heavy atom. The Hall–Kier alpha value is -3.22. The van der Waals surface area contributed by atoms with Gasteiger partial charge in [-0.15, -0.1) is 0 Å². The van der Waals surface area contributed by atoms with Gasteiger partial charge in [-0.05, 0) is 47.9 Å². The molecule has 2 aromatic carbocycles. The molecule has 7 heteroatoms. The van der Waals surface area contributed by atoms with Crippen molar-refractivity contribution >= 4 is 12.1 Å². The molecule has 31 heavy (non-hydrogen) atoms. The van der Waals surface area contributed by atoms with Crippen LogP contribution in [0.5, 0.6) is 11.5 Å². The van der Waals surface area contributed by atoms with Crippen LogP contribution in [0.1, 0.15) is 30.4 Å². The molecule has 0 saturated carbocycles. The second-order valence-electron chi connectivity index (χ2n) is 8.00. The molecule has 0 unspecified atom stereocenters. The van der Waals surface area contributed by atoms with Crippen molar-refractivity contribution in [2.24, 2.45) is 5.41 Å². The molecule has 0 radical (unpaired) electrons. The summed E-state index contributed by atoms with van der Waals surface area (Å²) in [5.41, 5.74) is 1.44. The van der Waals surface area contributed by atoms with Crippen LogP contribution in [-0.4, -0.2) is 49.4 Å². The van der Waals surface area contributed by atoms with Crippen LogP contribution < -0.4 is 9.47 Å². The Balaban J connectivity index is 1.66. The Morgan fingerprint density at radius 3 is 2.13 bits per heavy atom. The molecule has 3 rings (SSSR count). The molecule has 1 aliphatic heterocycles. The first-order valence-corrected chi connectivity index (χ1v) is 10.3.